The van der Waals surface area contributed by atoms with Crippen LogP contribution < -0.4 is 10.2 Å². The lowest BCUT2D eigenvalue weighted by Crippen LogP contribution is -3.15. The Morgan fingerprint density at radius 3 is 2.71 bits per heavy atom. The van der Waals surface area contributed by atoms with Crippen molar-refractivity contribution >= 4 is 17.5 Å². The van der Waals surface area contributed by atoms with Crippen molar-refractivity contribution < 1.29 is 19.2 Å². The highest BCUT2D eigenvalue weighted by atomic mass is 16.5. The molecule has 1 atom stereocenters. The van der Waals surface area contributed by atoms with Gasteiger partial charge in [0, 0.05) is 12.3 Å². The predicted octanol–water partition coefficient (Wildman–Crippen LogP) is -0.160. The normalized spacial score (nSPS) is 21.7. The zero-order valence-electron chi connectivity index (χ0n) is 14.2. The van der Waals surface area contributed by atoms with E-state index in [9.17, 15) is 9.59 Å². The first-order chi connectivity index (χ1) is 11.6. The quantitative estimate of drug-likeness (QED) is 0.805. The molecule has 6 nitrogen and oxygen atoms in total. The Labute approximate surface area is 142 Å². The summed E-state index contributed by atoms with van der Waals surface area (Å²) >= 11 is 0. The number of nitrogens with one attached hydrogen (secondary N) is 2. The smallest absolute Gasteiger partial charge is 0.279 e. The van der Waals surface area contributed by atoms with Crippen molar-refractivity contribution in [1.82, 2.24) is 4.90 Å². The van der Waals surface area contributed by atoms with Crippen molar-refractivity contribution in [3.63, 3.8) is 0 Å². The summed E-state index contributed by atoms with van der Waals surface area (Å²) in [6.07, 6.45) is 1.57. The van der Waals surface area contributed by atoms with Gasteiger partial charge in [-0.1, -0.05) is 18.2 Å². The molecule has 2 saturated heterocycles. The highest BCUT2D eigenvalue weighted by Gasteiger charge is 2.31. The molecule has 0 aliphatic carbocycles. The van der Waals surface area contributed by atoms with Crippen LogP contribution in [-0.2, 0) is 14.3 Å². The minimum atomic E-state index is -0.240. The number of anilines is 1. The van der Waals surface area contributed by atoms with Crippen LogP contribution in [0.2, 0.25) is 0 Å². The van der Waals surface area contributed by atoms with Crippen LogP contribution in [-0.4, -0.2) is 62.1 Å². The highest BCUT2D eigenvalue weighted by molar-refractivity contribution is 5.92. The van der Waals surface area contributed by atoms with Gasteiger partial charge in [0.25, 0.3) is 11.8 Å². The highest BCUT2D eigenvalue weighted by Crippen LogP contribution is 2.15. The number of hydrogen-bond acceptors (Lipinski definition) is 3. The summed E-state index contributed by atoms with van der Waals surface area (Å²) in [4.78, 5) is 27.7. The minimum Gasteiger partial charge on any atom is -0.368 e. The molecular weight excluding hydrogens is 306 g/mol. The number of hydrogen-bond donors (Lipinski definition) is 2. The third kappa shape index (κ3) is 4.13. The molecular formula is C18H26N3O3+. The molecule has 2 aliphatic heterocycles. The van der Waals surface area contributed by atoms with Crippen LogP contribution in [0.5, 0.6) is 0 Å². The molecule has 2 aliphatic rings. The molecule has 130 valence electrons. The predicted molar refractivity (Wildman–Crippen MR) is 90.9 cm³/mol. The van der Waals surface area contributed by atoms with Crippen molar-refractivity contribution in [2.45, 2.75) is 25.9 Å². The Morgan fingerprint density at radius 1 is 1.29 bits per heavy atom. The number of piperazine rings is 1. The SMILES string of the molecule is Cc1ccccc1NC(=O)C[NH+]1CCN(C(=O)[C@H]2CCCO2)CC1. The van der Waals surface area contributed by atoms with Crippen LogP contribution in [0.15, 0.2) is 24.3 Å². The van der Waals surface area contributed by atoms with E-state index >= 15 is 0 Å². The Balaban J connectivity index is 1.44. The number of quaternary nitrogens is 1. The van der Waals surface area contributed by atoms with E-state index in [0.717, 1.165) is 37.2 Å². The largest absolute Gasteiger partial charge is 0.368 e. The molecule has 0 radical (unpaired) electrons. The molecule has 0 unspecified atom stereocenters. The van der Waals surface area contributed by atoms with Gasteiger partial charge in [-0.05, 0) is 31.4 Å². The zero-order valence-corrected chi connectivity index (χ0v) is 14.2. The van der Waals surface area contributed by atoms with E-state index in [4.69, 9.17) is 4.74 Å². The molecule has 0 spiro atoms. The monoisotopic (exact) mass is 332 g/mol. The number of rotatable bonds is 4. The topological polar surface area (TPSA) is 63.1 Å². The summed E-state index contributed by atoms with van der Waals surface area (Å²) in [7, 11) is 0. The second-order valence-corrected chi connectivity index (χ2v) is 6.62. The Hall–Kier alpha value is -1.92. The number of para-hydroxylation sites is 1. The van der Waals surface area contributed by atoms with Crippen molar-refractivity contribution in [1.29, 1.82) is 0 Å². The number of amides is 2. The van der Waals surface area contributed by atoms with E-state index in [2.05, 4.69) is 5.32 Å². The Kier molecular flexibility index (Phi) is 5.48. The summed E-state index contributed by atoms with van der Waals surface area (Å²) in [5.41, 5.74) is 1.93. The molecule has 2 amide bonds. The van der Waals surface area contributed by atoms with Crippen LogP contribution >= 0.6 is 0 Å². The fourth-order valence-corrected chi connectivity index (χ4v) is 3.33. The van der Waals surface area contributed by atoms with E-state index < -0.39 is 0 Å². The molecule has 0 aromatic heterocycles. The van der Waals surface area contributed by atoms with Gasteiger partial charge in [-0.2, -0.15) is 0 Å². The van der Waals surface area contributed by atoms with E-state index in [0.29, 0.717) is 26.2 Å². The van der Waals surface area contributed by atoms with Gasteiger partial charge in [0.1, 0.15) is 6.10 Å². The van der Waals surface area contributed by atoms with Gasteiger partial charge in [0.15, 0.2) is 6.54 Å². The van der Waals surface area contributed by atoms with Gasteiger partial charge < -0.3 is 19.9 Å². The van der Waals surface area contributed by atoms with Crippen molar-refractivity contribution in [3.8, 4) is 0 Å². The zero-order chi connectivity index (χ0) is 16.9. The number of carbonyl (C=O) groups excluding carboxylic acids is 2. The van der Waals surface area contributed by atoms with E-state index in [-0.39, 0.29) is 17.9 Å². The average Bonchev–Trinajstić information content (AvgIpc) is 3.11. The Bertz CT molecular complexity index is 591. The van der Waals surface area contributed by atoms with Gasteiger partial charge >= 0.3 is 0 Å². The van der Waals surface area contributed by atoms with E-state index in [1.807, 2.05) is 36.1 Å². The van der Waals surface area contributed by atoms with Crippen LogP contribution in [0, 0.1) is 6.92 Å². The standard InChI is InChI=1S/C18H25N3O3/c1-14-5-2-3-6-15(14)19-17(22)13-20-8-10-21(11-9-20)18(23)16-7-4-12-24-16/h2-3,5-6,16H,4,7-13H2,1H3,(H,19,22)/p+1/t16-/m1/s1. The molecule has 2 N–H and O–H groups in total. The maximum Gasteiger partial charge on any atom is 0.279 e. The van der Waals surface area contributed by atoms with Crippen molar-refractivity contribution in [2.24, 2.45) is 0 Å². The molecule has 2 heterocycles. The molecule has 1 aromatic carbocycles. The lowest BCUT2D eigenvalue weighted by Gasteiger charge is -2.33. The fraction of sp³-hybridized carbons (Fsp3) is 0.556. The third-order valence-corrected chi connectivity index (χ3v) is 4.82. The third-order valence-electron chi connectivity index (χ3n) is 4.82. The minimum absolute atomic E-state index is 0.0261. The van der Waals surface area contributed by atoms with Crippen molar-refractivity contribution in [3.05, 3.63) is 29.8 Å². The second kappa shape index (κ2) is 7.77. The van der Waals surface area contributed by atoms with Crippen LogP contribution in [0.4, 0.5) is 5.69 Å². The summed E-state index contributed by atoms with van der Waals surface area (Å²) in [5, 5.41) is 2.98. The summed E-state index contributed by atoms with van der Waals surface area (Å²) < 4.78 is 5.47. The molecule has 0 saturated carbocycles. The maximum absolute atomic E-state index is 12.3. The lowest BCUT2D eigenvalue weighted by molar-refractivity contribution is -0.895. The fourth-order valence-electron chi connectivity index (χ4n) is 3.33. The average molecular weight is 332 g/mol. The second-order valence-electron chi connectivity index (χ2n) is 6.62. The summed E-state index contributed by atoms with van der Waals surface area (Å²) in [5.74, 6) is 0.147. The number of ether oxygens (including phenoxy) is 1. The number of aryl methyl sites for hydroxylation is 1. The number of nitrogens with zero attached hydrogens (tertiary/aromatic N) is 1. The van der Waals surface area contributed by atoms with Crippen LogP contribution in [0.3, 0.4) is 0 Å². The molecule has 24 heavy (non-hydrogen) atoms. The number of benzene rings is 1. The lowest BCUT2D eigenvalue weighted by atomic mass is 10.2. The van der Waals surface area contributed by atoms with Gasteiger partial charge in [0.2, 0.25) is 0 Å². The van der Waals surface area contributed by atoms with Crippen LogP contribution in [0.1, 0.15) is 18.4 Å². The first-order valence-corrected chi connectivity index (χ1v) is 8.73. The maximum atomic E-state index is 12.3. The van der Waals surface area contributed by atoms with Crippen LogP contribution in [0.25, 0.3) is 0 Å². The number of carbonyl (C=O) groups is 2. The summed E-state index contributed by atoms with van der Waals surface area (Å²) in [6, 6.07) is 7.78. The van der Waals surface area contributed by atoms with Gasteiger partial charge in [-0.15, -0.1) is 0 Å². The molecule has 2 fully saturated rings. The van der Waals surface area contributed by atoms with E-state index in [1.54, 1.807) is 0 Å². The molecule has 1 aromatic rings. The summed E-state index contributed by atoms with van der Waals surface area (Å²) in [6.45, 7) is 6.13. The first-order valence-electron chi connectivity index (χ1n) is 8.73. The Morgan fingerprint density at radius 2 is 2.04 bits per heavy atom. The molecule has 6 heteroatoms. The molecule has 3 rings (SSSR count). The van der Waals surface area contributed by atoms with E-state index in [1.165, 1.54) is 4.90 Å². The van der Waals surface area contributed by atoms with Gasteiger partial charge in [0.05, 0.1) is 26.2 Å². The van der Waals surface area contributed by atoms with Gasteiger partial charge in [-0.3, -0.25) is 9.59 Å². The molecule has 0 bridgehead atoms. The first kappa shape index (κ1) is 16.9. The van der Waals surface area contributed by atoms with Gasteiger partial charge in [-0.25, -0.2) is 0 Å². The van der Waals surface area contributed by atoms with Crippen molar-refractivity contribution in [2.75, 3.05) is 44.6 Å².